The minimum Gasteiger partial charge on any atom is -0.309 e. The molecule has 6 heteroatoms. The molecule has 0 spiro atoms. The summed E-state index contributed by atoms with van der Waals surface area (Å²) in [6.07, 6.45) is 0. The van der Waals surface area contributed by atoms with Gasteiger partial charge in [0.15, 0.2) is 17.5 Å². The maximum Gasteiger partial charge on any atom is 0.166 e. The molecule has 12 rings (SSSR count). The van der Waals surface area contributed by atoms with Crippen LogP contribution in [0.25, 0.3) is 111 Å². The Labute approximate surface area is 369 Å². The van der Waals surface area contributed by atoms with Crippen LogP contribution in [0.15, 0.2) is 218 Å². The Morgan fingerprint density at radius 2 is 0.797 bits per heavy atom. The minimum absolute atomic E-state index is 0.556. The Bertz CT molecular complexity index is 3730. The van der Waals surface area contributed by atoms with Crippen LogP contribution in [0, 0.1) is 11.3 Å². The molecule has 0 aliphatic carbocycles. The van der Waals surface area contributed by atoms with Crippen molar-refractivity contribution >= 4 is 43.6 Å². The van der Waals surface area contributed by atoms with Gasteiger partial charge < -0.3 is 9.13 Å². The van der Waals surface area contributed by atoms with Gasteiger partial charge in [-0.25, -0.2) is 15.0 Å². The van der Waals surface area contributed by atoms with E-state index in [1.165, 1.54) is 10.8 Å². The van der Waals surface area contributed by atoms with Crippen molar-refractivity contribution in [3.8, 4) is 73.9 Å². The number of nitriles is 1. The van der Waals surface area contributed by atoms with Crippen LogP contribution in [0.5, 0.6) is 0 Å². The highest BCUT2D eigenvalue weighted by Gasteiger charge is 2.22. The van der Waals surface area contributed by atoms with E-state index in [0.717, 1.165) is 83.2 Å². The third kappa shape index (κ3) is 6.14. The Morgan fingerprint density at radius 1 is 0.328 bits per heavy atom. The second-order valence-corrected chi connectivity index (χ2v) is 15.9. The number of hydrogen-bond donors (Lipinski definition) is 0. The number of fused-ring (bicyclic) bond motifs is 6. The summed E-state index contributed by atoms with van der Waals surface area (Å²) in [7, 11) is 0. The summed E-state index contributed by atoms with van der Waals surface area (Å²) >= 11 is 0. The van der Waals surface area contributed by atoms with Crippen molar-refractivity contribution in [2.24, 2.45) is 0 Å². The quantitative estimate of drug-likeness (QED) is 0.161. The van der Waals surface area contributed by atoms with Gasteiger partial charge in [-0.15, -0.1) is 0 Å². The van der Waals surface area contributed by atoms with Crippen LogP contribution in [-0.2, 0) is 0 Å². The fraction of sp³-hybridized carbons (Fsp3) is 0. The van der Waals surface area contributed by atoms with Crippen molar-refractivity contribution in [1.82, 2.24) is 24.1 Å². The molecule has 12 aromatic rings. The lowest BCUT2D eigenvalue weighted by Crippen LogP contribution is -2.04. The van der Waals surface area contributed by atoms with Gasteiger partial charge in [0.1, 0.15) is 0 Å². The number of nitrogens with zero attached hydrogens (tertiary/aromatic N) is 6. The van der Waals surface area contributed by atoms with Crippen molar-refractivity contribution in [3.05, 3.63) is 224 Å². The van der Waals surface area contributed by atoms with E-state index >= 15 is 0 Å². The first-order valence-electron chi connectivity index (χ1n) is 21.3. The van der Waals surface area contributed by atoms with Crippen LogP contribution in [-0.4, -0.2) is 24.1 Å². The summed E-state index contributed by atoms with van der Waals surface area (Å²) < 4.78 is 4.68. The molecule has 0 unspecified atom stereocenters. The molecule has 0 bridgehead atoms. The topological polar surface area (TPSA) is 72.3 Å². The molecule has 64 heavy (non-hydrogen) atoms. The Hall–Kier alpha value is -8.92. The van der Waals surface area contributed by atoms with Crippen molar-refractivity contribution in [3.63, 3.8) is 0 Å². The predicted molar refractivity (Wildman–Crippen MR) is 260 cm³/mol. The summed E-state index contributed by atoms with van der Waals surface area (Å²) in [6, 6.07) is 78.0. The summed E-state index contributed by atoms with van der Waals surface area (Å²) in [5, 5.41) is 14.8. The van der Waals surface area contributed by atoms with Crippen LogP contribution in [0.4, 0.5) is 0 Å². The van der Waals surface area contributed by atoms with E-state index in [4.69, 9.17) is 15.0 Å². The van der Waals surface area contributed by atoms with Gasteiger partial charge in [-0.3, -0.25) is 0 Å². The first kappa shape index (κ1) is 36.9. The van der Waals surface area contributed by atoms with E-state index in [0.29, 0.717) is 23.0 Å². The van der Waals surface area contributed by atoms with Crippen molar-refractivity contribution in [2.75, 3.05) is 0 Å². The van der Waals surface area contributed by atoms with Crippen molar-refractivity contribution in [1.29, 1.82) is 5.26 Å². The van der Waals surface area contributed by atoms with Gasteiger partial charge in [-0.05, 0) is 76.9 Å². The highest BCUT2D eigenvalue weighted by atomic mass is 15.1. The highest BCUT2D eigenvalue weighted by Crippen LogP contribution is 2.41. The van der Waals surface area contributed by atoms with E-state index in [1.807, 2.05) is 84.9 Å². The smallest absolute Gasteiger partial charge is 0.166 e. The standard InChI is InChI=1S/C58H36N6/c59-37-43-20-10-11-23-45(43)42-29-32-49-47-25-13-15-27-52(47)64(55(49)36-42)53-33-30-40(41-28-31-48-46-24-12-14-26-51(46)63(54(48)35-41)44-21-8-3-9-22-44)34-50(53)58-61-56(38-16-4-1-5-17-38)60-57(62-58)39-18-6-2-7-19-39/h1-36H. The monoisotopic (exact) mass is 816 g/mol. The van der Waals surface area contributed by atoms with Crippen LogP contribution in [0.2, 0.25) is 0 Å². The molecule has 0 aliphatic rings. The van der Waals surface area contributed by atoms with Crippen molar-refractivity contribution < 1.29 is 0 Å². The van der Waals surface area contributed by atoms with Crippen LogP contribution in [0.3, 0.4) is 0 Å². The Balaban J connectivity index is 1.15. The van der Waals surface area contributed by atoms with Crippen LogP contribution < -0.4 is 0 Å². The fourth-order valence-electron chi connectivity index (χ4n) is 9.25. The molecule has 298 valence electrons. The van der Waals surface area contributed by atoms with Gasteiger partial charge in [0.05, 0.1) is 39.4 Å². The molecule has 0 amide bonds. The maximum atomic E-state index is 10.1. The average molecular weight is 817 g/mol. The lowest BCUT2D eigenvalue weighted by Gasteiger charge is -2.17. The zero-order valence-electron chi connectivity index (χ0n) is 34.5. The molecule has 0 saturated heterocycles. The molecular weight excluding hydrogens is 781 g/mol. The van der Waals surface area contributed by atoms with Crippen molar-refractivity contribution in [2.45, 2.75) is 0 Å². The Morgan fingerprint density at radius 3 is 1.45 bits per heavy atom. The molecule has 3 aromatic heterocycles. The predicted octanol–water partition coefficient (Wildman–Crippen LogP) is 14.3. The first-order chi connectivity index (χ1) is 31.7. The molecule has 6 nitrogen and oxygen atoms in total. The Kier molecular flexibility index (Phi) is 8.77. The van der Waals surface area contributed by atoms with Gasteiger partial charge in [0.2, 0.25) is 0 Å². The number of aromatic nitrogens is 5. The van der Waals surface area contributed by atoms with Gasteiger partial charge in [0, 0.05) is 43.9 Å². The second-order valence-electron chi connectivity index (χ2n) is 15.9. The molecule has 0 fully saturated rings. The highest BCUT2D eigenvalue weighted by molar-refractivity contribution is 6.12. The molecule has 0 radical (unpaired) electrons. The molecule has 0 saturated carbocycles. The van der Waals surface area contributed by atoms with E-state index in [-0.39, 0.29) is 0 Å². The zero-order chi connectivity index (χ0) is 42.6. The summed E-state index contributed by atoms with van der Waals surface area (Å²) in [5.74, 6) is 1.74. The van der Waals surface area contributed by atoms with Gasteiger partial charge >= 0.3 is 0 Å². The number of rotatable bonds is 7. The van der Waals surface area contributed by atoms with E-state index in [2.05, 4.69) is 149 Å². The van der Waals surface area contributed by atoms with E-state index in [1.54, 1.807) is 0 Å². The lowest BCUT2D eigenvalue weighted by molar-refractivity contribution is 1.06. The normalized spacial score (nSPS) is 11.4. The largest absolute Gasteiger partial charge is 0.309 e. The van der Waals surface area contributed by atoms with E-state index in [9.17, 15) is 5.26 Å². The van der Waals surface area contributed by atoms with Gasteiger partial charge in [-0.1, -0.05) is 164 Å². The molecule has 9 aromatic carbocycles. The SMILES string of the molecule is N#Cc1ccccc1-c1ccc2c3ccccc3n(-c3ccc(-c4ccc5c6ccccc6n(-c6ccccc6)c5c4)cc3-c3nc(-c4ccccc4)nc(-c4ccccc4)n3)c2c1. The summed E-state index contributed by atoms with van der Waals surface area (Å²) in [6.45, 7) is 0. The van der Waals surface area contributed by atoms with E-state index < -0.39 is 0 Å². The van der Waals surface area contributed by atoms with Crippen LogP contribution >= 0.6 is 0 Å². The third-order valence-electron chi connectivity index (χ3n) is 12.2. The fourth-order valence-corrected chi connectivity index (χ4v) is 9.25. The zero-order valence-corrected chi connectivity index (χ0v) is 34.5. The van der Waals surface area contributed by atoms with Gasteiger partial charge in [0.25, 0.3) is 0 Å². The molecular formula is C58H36N6. The first-order valence-corrected chi connectivity index (χ1v) is 21.3. The number of hydrogen-bond acceptors (Lipinski definition) is 4. The summed E-state index contributed by atoms with van der Waals surface area (Å²) in [4.78, 5) is 15.7. The maximum absolute atomic E-state index is 10.1. The van der Waals surface area contributed by atoms with Gasteiger partial charge in [-0.2, -0.15) is 5.26 Å². The number of para-hydroxylation sites is 3. The van der Waals surface area contributed by atoms with Crippen LogP contribution in [0.1, 0.15) is 5.56 Å². The number of benzene rings is 9. The minimum atomic E-state index is 0.556. The molecule has 0 aliphatic heterocycles. The molecule has 3 heterocycles. The summed E-state index contributed by atoms with van der Waals surface area (Å²) in [5.41, 5.74) is 13.6. The average Bonchev–Trinajstić information content (AvgIpc) is 3.89. The molecule has 0 N–H and O–H groups in total. The third-order valence-corrected chi connectivity index (χ3v) is 12.2. The lowest BCUT2D eigenvalue weighted by atomic mass is 9.98. The second kappa shape index (κ2) is 15.2. The molecule has 0 atom stereocenters.